The van der Waals surface area contributed by atoms with Gasteiger partial charge < -0.3 is 27.9 Å². The molecule has 0 saturated carbocycles. The van der Waals surface area contributed by atoms with Crippen molar-refractivity contribution >= 4 is 29.4 Å². The summed E-state index contributed by atoms with van der Waals surface area (Å²) in [7, 11) is 0. The zero-order chi connectivity index (χ0) is 19.5. The van der Waals surface area contributed by atoms with Crippen LogP contribution < -0.4 is 0 Å². The Morgan fingerprint density at radius 1 is 1.07 bits per heavy atom. The molecule has 0 aliphatic heterocycles. The van der Waals surface area contributed by atoms with Crippen molar-refractivity contribution in [3.05, 3.63) is 65.7 Å². The predicted molar refractivity (Wildman–Crippen MR) is 105 cm³/mol. The summed E-state index contributed by atoms with van der Waals surface area (Å²) in [5, 5.41) is 35.4. The van der Waals surface area contributed by atoms with E-state index in [1.54, 1.807) is 31.2 Å². The summed E-state index contributed by atoms with van der Waals surface area (Å²) in [5.74, 6) is -0.407. The van der Waals surface area contributed by atoms with Crippen LogP contribution in [-0.2, 0) is 34.2 Å². The molecule has 1 atom stereocenters. The first-order chi connectivity index (χ1) is 12.3. The number of ketones is 1. The number of hydrogen-bond donors (Lipinski definition) is 3. The predicted octanol–water partition coefficient (Wildman–Crippen LogP) is 2.95. The summed E-state index contributed by atoms with van der Waals surface area (Å²) >= 11 is 5.07. The molecule has 1 unspecified atom stereocenters. The van der Waals surface area contributed by atoms with Gasteiger partial charge in [-0.15, -0.1) is 5.10 Å². The summed E-state index contributed by atoms with van der Waals surface area (Å²) in [6, 6.07) is 15.5. The number of aliphatic hydroxyl groups excluding tert-OH is 2. The Morgan fingerprint density at radius 2 is 1.63 bits per heavy atom. The molecule has 0 aliphatic carbocycles. The fourth-order valence-electron chi connectivity index (χ4n) is 1.86. The van der Waals surface area contributed by atoms with Crippen LogP contribution in [-0.4, -0.2) is 38.1 Å². The topological polar surface area (TPSA) is 102 Å². The van der Waals surface area contributed by atoms with Crippen LogP contribution in [0.3, 0.4) is 0 Å². The van der Waals surface area contributed by atoms with Gasteiger partial charge in [-0.2, -0.15) is 5.10 Å². The number of phenolic OH excluding ortho intramolecular Hbond substituents is 1. The summed E-state index contributed by atoms with van der Waals surface area (Å²) in [4.78, 5) is 10.1. The summed E-state index contributed by atoms with van der Waals surface area (Å²) in [6.45, 7) is 3.06. The van der Waals surface area contributed by atoms with Crippen molar-refractivity contribution in [3.63, 3.8) is 0 Å². The molecule has 0 spiro atoms. The molecule has 0 aliphatic rings. The standard InChI is InChI=1S/C14H12N2O2S.C5H10O2.Co/c17-12-9-5-4-8-11(12)13(18)15-16-14(19)10-6-2-1-3-7-10;1-4(6)3-5(2)7;/h1-9,17H,(H,15,18)(H,16,19);4,6H,3H2,1-2H3;/p-1. The molecule has 2 aromatic carbocycles. The normalized spacial score (nSPS) is 12.3. The minimum absolute atomic E-state index is 0. The number of aromatic hydroxyl groups is 1. The van der Waals surface area contributed by atoms with E-state index in [0.717, 1.165) is 5.56 Å². The molecule has 0 amide bonds. The number of hydrogen-bond acceptors (Lipinski definition) is 6. The Labute approximate surface area is 174 Å². The molecule has 0 aromatic heterocycles. The number of rotatable bonds is 5. The van der Waals surface area contributed by atoms with E-state index in [-0.39, 0.29) is 51.2 Å². The van der Waals surface area contributed by atoms with E-state index in [1.807, 2.05) is 18.2 Å². The average Bonchev–Trinajstić information content (AvgIpc) is 2.60. The van der Waals surface area contributed by atoms with Crippen LogP contribution in [0.2, 0.25) is 0 Å². The molecule has 2 aromatic rings. The smallest absolute Gasteiger partial charge is 0.241 e. The number of phenols is 1. The largest absolute Gasteiger partial charge is 0.758 e. The third-order valence-electron chi connectivity index (χ3n) is 2.98. The second-order valence-electron chi connectivity index (χ2n) is 5.47. The van der Waals surface area contributed by atoms with Crippen molar-refractivity contribution < 1.29 is 36.9 Å². The van der Waals surface area contributed by atoms with Gasteiger partial charge in [0, 0.05) is 23.2 Å². The summed E-state index contributed by atoms with van der Waals surface area (Å²) in [5.41, 5.74) is 0.952. The van der Waals surface area contributed by atoms with Crippen molar-refractivity contribution in [2.24, 2.45) is 10.2 Å². The van der Waals surface area contributed by atoms with Gasteiger partial charge in [0.2, 0.25) is 5.90 Å². The molecule has 8 heteroatoms. The molecule has 3 N–H and O–H groups in total. The summed E-state index contributed by atoms with van der Waals surface area (Å²) in [6.07, 6.45) is -0.197. The second-order valence-corrected chi connectivity index (χ2v) is 5.85. The Bertz CT molecular complexity index is 780. The maximum Gasteiger partial charge on any atom is 0.241 e. The number of nitrogens with zero attached hydrogens (tertiary/aromatic N) is 2. The minimum Gasteiger partial charge on any atom is -0.758 e. The zero-order valence-electron chi connectivity index (χ0n) is 14.9. The monoisotopic (exact) mass is 432 g/mol. The third kappa shape index (κ3) is 9.85. The Balaban J connectivity index is 0.000000728. The van der Waals surface area contributed by atoms with Gasteiger partial charge in [-0.3, -0.25) is 4.79 Å². The van der Waals surface area contributed by atoms with Crippen molar-refractivity contribution in [1.82, 2.24) is 0 Å². The van der Waals surface area contributed by atoms with Crippen LogP contribution in [0.5, 0.6) is 5.75 Å². The minimum atomic E-state index is -0.475. The van der Waals surface area contributed by atoms with E-state index >= 15 is 0 Å². The SMILES string of the molecule is CC(=O)CC(C)O.O/C(=N/N=C(\[S-])c1ccccc1)c1ccccc1O.[Co]. The third-order valence-corrected chi connectivity index (χ3v) is 3.30. The number of Topliss-reactive ketones (excluding diaryl/α,β-unsaturated/α-hetero) is 1. The maximum atomic E-state index is 10.1. The second kappa shape index (κ2) is 13.0. The van der Waals surface area contributed by atoms with Crippen LogP contribution >= 0.6 is 0 Å². The van der Waals surface area contributed by atoms with E-state index in [0.29, 0.717) is 0 Å². The molecule has 2 rings (SSSR count). The molecule has 147 valence electrons. The van der Waals surface area contributed by atoms with Gasteiger partial charge in [-0.25, -0.2) is 0 Å². The molecule has 0 saturated heterocycles. The molecule has 6 nitrogen and oxygen atoms in total. The van der Waals surface area contributed by atoms with E-state index in [2.05, 4.69) is 10.2 Å². The number of aliphatic hydroxyl groups is 2. The van der Waals surface area contributed by atoms with Gasteiger partial charge in [0.1, 0.15) is 11.5 Å². The van der Waals surface area contributed by atoms with Gasteiger partial charge in [-0.05, 0) is 31.5 Å². The van der Waals surface area contributed by atoms with Crippen LogP contribution in [0.1, 0.15) is 31.4 Å². The van der Waals surface area contributed by atoms with Gasteiger partial charge in [0.25, 0.3) is 0 Å². The van der Waals surface area contributed by atoms with Crippen LogP contribution in [0.25, 0.3) is 0 Å². The van der Waals surface area contributed by atoms with E-state index in [1.165, 1.54) is 19.1 Å². The van der Waals surface area contributed by atoms with Crippen LogP contribution in [0, 0.1) is 0 Å². The Morgan fingerprint density at radius 3 is 2.11 bits per heavy atom. The number of carbonyl (C=O) groups is 1. The molecular weight excluding hydrogens is 411 g/mol. The van der Waals surface area contributed by atoms with Crippen molar-refractivity contribution in [1.29, 1.82) is 0 Å². The van der Waals surface area contributed by atoms with E-state index in [4.69, 9.17) is 17.7 Å². The van der Waals surface area contributed by atoms with Crippen LogP contribution in [0.4, 0.5) is 0 Å². The fraction of sp³-hybridized carbons (Fsp3) is 0.211. The van der Waals surface area contributed by atoms with Crippen molar-refractivity contribution in [2.45, 2.75) is 26.4 Å². The van der Waals surface area contributed by atoms with Gasteiger partial charge in [-0.1, -0.05) is 47.5 Å². The molecule has 0 fully saturated rings. The first-order valence-corrected chi connectivity index (χ1v) is 8.25. The van der Waals surface area contributed by atoms with Crippen molar-refractivity contribution in [3.8, 4) is 5.75 Å². The Hall–Kier alpha value is -2.26. The molecule has 0 heterocycles. The first kappa shape index (κ1) is 24.7. The summed E-state index contributed by atoms with van der Waals surface area (Å²) < 4.78 is 0. The average molecular weight is 432 g/mol. The quantitative estimate of drug-likeness (QED) is 0.292. The Kier molecular flexibility index (Phi) is 11.9. The van der Waals surface area contributed by atoms with E-state index in [9.17, 15) is 15.0 Å². The number of benzene rings is 2. The zero-order valence-corrected chi connectivity index (χ0v) is 16.7. The fourth-order valence-corrected chi connectivity index (χ4v) is 2.04. The molecular formula is C19H21CoN2O4S-. The number of carbonyl (C=O) groups excluding carboxylic acids is 1. The van der Waals surface area contributed by atoms with Gasteiger partial charge in [0.15, 0.2) is 0 Å². The van der Waals surface area contributed by atoms with Gasteiger partial charge >= 0.3 is 0 Å². The van der Waals surface area contributed by atoms with E-state index < -0.39 is 6.10 Å². The molecule has 1 radical (unpaired) electrons. The molecule has 27 heavy (non-hydrogen) atoms. The first-order valence-electron chi connectivity index (χ1n) is 7.84. The number of para-hydroxylation sites is 1. The van der Waals surface area contributed by atoms with Crippen molar-refractivity contribution in [2.75, 3.05) is 0 Å². The maximum absolute atomic E-state index is 10.1. The van der Waals surface area contributed by atoms with Crippen LogP contribution in [0.15, 0.2) is 64.8 Å². The molecule has 0 bridgehead atoms. The van der Waals surface area contributed by atoms with Gasteiger partial charge in [0.05, 0.1) is 11.7 Å².